The van der Waals surface area contributed by atoms with Crippen molar-refractivity contribution in [2.75, 3.05) is 12.9 Å². The third-order valence-electron chi connectivity index (χ3n) is 7.60. The van der Waals surface area contributed by atoms with E-state index < -0.39 is 16.9 Å². The number of rotatable bonds is 10. The lowest BCUT2D eigenvalue weighted by Gasteiger charge is -2.26. The van der Waals surface area contributed by atoms with Crippen LogP contribution in [0.1, 0.15) is 35.2 Å². The molecule has 4 aromatic carbocycles. The first-order valence-electron chi connectivity index (χ1n) is 14.9. The molecule has 0 aliphatic carbocycles. The van der Waals surface area contributed by atoms with Crippen LogP contribution in [0, 0.1) is 10.1 Å². The van der Waals surface area contributed by atoms with Crippen molar-refractivity contribution in [3.63, 3.8) is 0 Å². The number of nitro benzene ring substituents is 1. The normalized spacial score (nSPS) is 14.3. The molecule has 0 bridgehead atoms. The lowest BCUT2D eigenvalue weighted by atomic mass is 9.93. The van der Waals surface area contributed by atoms with E-state index in [0.717, 1.165) is 27.1 Å². The van der Waals surface area contributed by atoms with Crippen LogP contribution in [0.15, 0.2) is 122 Å². The smallest absolute Gasteiger partial charge is 0.338 e. The van der Waals surface area contributed by atoms with Crippen molar-refractivity contribution in [1.29, 1.82) is 0 Å². The number of ether oxygens (including phenoxy) is 2. The number of non-ortho nitro benzene ring substituents is 1. The van der Waals surface area contributed by atoms with Crippen molar-refractivity contribution >= 4 is 62.5 Å². The van der Waals surface area contributed by atoms with Gasteiger partial charge in [-0.1, -0.05) is 59.9 Å². The zero-order valence-electron chi connectivity index (χ0n) is 25.8. The molecular weight excluding hydrogens is 714 g/mol. The van der Waals surface area contributed by atoms with E-state index >= 15 is 0 Å². The molecule has 2 heterocycles. The number of nitro groups is 1. The van der Waals surface area contributed by atoms with Gasteiger partial charge in [0.25, 0.3) is 11.2 Å². The first kappa shape index (κ1) is 33.1. The van der Waals surface area contributed by atoms with Crippen LogP contribution >= 0.6 is 39.0 Å². The van der Waals surface area contributed by atoms with E-state index in [2.05, 4.69) is 15.9 Å². The molecule has 0 saturated heterocycles. The Morgan fingerprint density at radius 3 is 2.44 bits per heavy atom. The standard InChI is InChI=1S/C36H28BrN3O6S2/c1-3-45-35(42)31-32(24-7-5-4-6-8-24)38-36-39(33(31)25-12-16-27(47-2)17-13-25)34(41)30(48-36)20-23-11-18-29(28(37)19-23)46-21-22-9-14-26(15-10-22)40(43)44/h4-20,33H,3,21H2,1-2H3/b30-20-/t33-/m1/s1. The molecular formula is C36H28BrN3O6S2. The Balaban J connectivity index is 1.41. The maximum atomic E-state index is 14.2. The van der Waals surface area contributed by atoms with E-state index in [1.165, 1.54) is 23.5 Å². The predicted molar refractivity (Wildman–Crippen MR) is 191 cm³/mol. The molecule has 6 rings (SSSR count). The topological polar surface area (TPSA) is 113 Å². The van der Waals surface area contributed by atoms with Crippen LogP contribution in [0.4, 0.5) is 5.69 Å². The Hall–Kier alpha value is -4.78. The fraction of sp³-hybridized carbons (Fsp3) is 0.139. The number of benzene rings is 4. The highest BCUT2D eigenvalue weighted by atomic mass is 79.9. The van der Waals surface area contributed by atoms with Crippen LogP contribution in [-0.2, 0) is 16.1 Å². The van der Waals surface area contributed by atoms with Gasteiger partial charge < -0.3 is 9.47 Å². The first-order valence-corrected chi connectivity index (χ1v) is 17.7. The highest BCUT2D eigenvalue weighted by Gasteiger charge is 2.35. The van der Waals surface area contributed by atoms with Crippen molar-refractivity contribution in [2.45, 2.75) is 24.5 Å². The van der Waals surface area contributed by atoms with Crippen molar-refractivity contribution in [2.24, 2.45) is 4.99 Å². The lowest BCUT2D eigenvalue weighted by Crippen LogP contribution is -2.40. The van der Waals surface area contributed by atoms with Gasteiger partial charge in [-0.3, -0.25) is 19.5 Å². The molecule has 0 N–H and O–H groups in total. The van der Waals surface area contributed by atoms with Gasteiger partial charge in [0.15, 0.2) is 4.80 Å². The molecule has 9 nitrogen and oxygen atoms in total. The zero-order chi connectivity index (χ0) is 33.8. The Morgan fingerprint density at radius 2 is 1.79 bits per heavy atom. The minimum atomic E-state index is -0.754. The second-order valence-electron chi connectivity index (χ2n) is 10.6. The predicted octanol–water partition coefficient (Wildman–Crippen LogP) is 6.91. The average molecular weight is 743 g/mol. The van der Waals surface area contributed by atoms with Gasteiger partial charge in [-0.2, -0.15) is 0 Å². The Bertz CT molecular complexity index is 2210. The molecule has 242 valence electrons. The number of thiazole rings is 1. The first-order chi connectivity index (χ1) is 23.3. The van der Waals surface area contributed by atoms with E-state index in [1.54, 1.807) is 47.5 Å². The van der Waals surface area contributed by atoms with Crippen molar-refractivity contribution in [3.05, 3.63) is 159 Å². The Labute approximate surface area is 292 Å². The summed E-state index contributed by atoms with van der Waals surface area (Å²) < 4.78 is 14.2. The van der Waals surface area contributed by atoms with Crippen molar-refractivity contribution in [3.8, 4) is 5.75 Å². The molecule has 0 unspecified atom stereocenters. The summed E-state index contributed by atoms with van der Waals surface area (Å²) in [5, 5.41) is 10.9. The van der Waals surface area contributed by atoms with E-state index in [0.29, 0.717) is 30.8 Å². The molecule has 0 spiro atoms. The molecule has 1 aliphatic rings. The van der Waals surface area contributed by atoms with Crippen molar-refractivity contribution in [1.82, 2.24) is 4.57 Å². The average Bonchev–Trinajstić information content (AvgIpc) is 3.41. The van der Waals surface area contributed by atoms with Gasteiger partial charge in [-0.25, -0.2) is 9.79 Å². The van der Waals surface area contributed by atoms with Gasteiger partial charge >= 0.3 is 5.97 Å². The maximum absolute atomic E-state index is 14.2. The molecule has 0 fully saturated rings. The van der Waals surface area contributed by atoms with Crippen LogP contribution in [-0.4, -0.2) is 28.3 Å². The number of hydrogen-bond donors (Lipinski definition) is 0. The number of hydrogen-bond acceptors (Lipinski definition) is 9. The molecule has 48 heavy (non-hydrogen) atoms. The van der Waals surface area contributed by atoms with Gasteiger partial charge in [-0.05, 0) is 88.3 Å². The summed E-state index contributed by atoms with van der Waals surface area (Å²) >= 11 is 6.43. The fourth-order valence-electron chi connectivity index (χ4n) is 5.29. The SMILES string of the molecule is CCOC(=O)C1=C(c2ccccc2)N=c2s/c(=C\c3ccc(OCc4ccc([N+](=O)[O-])cc4)c(Br)c3)c(=O)n2[C@@H]1c1ccc(SC)cc1. The highest BCUT2D eigenvalue weighted by Crippen LogP contribution is 2.36. The largest absolute Gasteiger partial charge is 0.488 e. The summed E-state index contributed by atoms with van der Waals surface area (Å²) in [6, 6.07) is 28.2. The summed E-state index contributed by atoms with van der Waals surface area (Å²) in [7, 11) is 0. The highest BCUT2D eigenvalue weighted by molar-refractivity contribution is 9.10. The van der Waals surface area contributed by atoms with E-state index in [-0.39, 0.29) is 24.5 Å². The van der Waals surface area contributed by atoms with Crippen LogP contribution in [0.25, 0.3) is 11.8 Å². The number of carbonyl (C=O) groups excluding carboxylic acids is 1. The number of halogens is 1. The number of thioether (sulfide) groups is 1. The van der Waals surface area contributed by atoms with Crippen LogP contribution in [0.2, 0.25) is 0 Å². The molecule has 1 aliphatic heterocycles. The van der Waals surface area contributed by atoms with E-state index in [1.807, 2.05) is 73.0 Å². The number of aromatic nitrogens is 1. The number of carbonyl (C=O) groups is 1. The summed E-state index contributed by atoms with van der Waals surface area (Å²) in [4.78, 5) is 44.8. The molecule has 0 radical (unpaired) electrons. The van der Waals surface area contributed by atoms with Crippen LogP contribution in [0.5, 0.6) is 5.75 Å². The van der Waals surface area contributed by atoms with Gasteiger partial charge in [0, 0.05) is 22.6 Å². The number of nitrogens with zero attached hydrogens (tertiary/aromatic N) is 3. The molecule has 0 saturated carbocycles. The third kappa shape index (κ3) is 6.91. The van der Waals surface area contributed by atoms with Gasteiger partial charge in [-0.15, -0.1) is 11.8 Å². The summed E-state index contributed by atoms with van der Waals surface area (Å²) in [5.41, 5.74) is 3.57. The van der Waals surface area contributed by atoms with Crippen LogP contribution < -0.4 is 19.6 Å². The Kier molecular flexibility index (Phi) is 10.0. The summed E-state index contributed by atoms with van der Waals surface area (Å²) in [6.07, 6.45) is 3.78. The molecule has 5 aromatic rings. The van der Waals surface area contributed by atoms with Crippen molar-refractivity contribution < 1.29 is 19.2 Å². The number of esters is 1. The van der Waals surface area contributed by atoms with Gasteiger partial charge in [0.2, 0.25) is 0 Å². The fourth-order valence-corrected chi connectivity index (χ4v) is 7.21. The van der Waals surface area contributed by atoms with Gasteiger partial charge in [0.1, 0.15) is 12.4 Å². The van der Waals surface area contributed by atoms with E-state index in [9.17, 15) is 19.7 Å². The summed E-state index contributed by atoms with van der Waals surface area (Å²) in [6.45, 7) is 2.15. The summed E-state index contributed by atoms with van der Waals surface area (Å²) in [5.74, 6) is 0.0498. The van der Waals surface area contributed by atoms with Crippen LogP contribution in [0.3, 0.4) is 0 Å². The van der Waals surface area contributed by atoms with E-state index in [4.69, 9.17) is 14.5 Å². The third-order valence-corrected chi connectivity index (χ3v) is 9.95. The second-order valence-corrected chi connectivity index (χ2v) is 13.3. The van der Waals surface area contributed by atoms with Gasteiger partial charge in [0.05, 0.1) is 37.8 Å². The molecule has 1 aromatic heterocycles. The number of fused-ring (bicyclic) bond motifs is 1. The molecule has 0 amide bonds. The monoisotopic (exact) mass is 741 g/mol. The quantitative estimate of drug-likeness (QED) is 0.0662. The lowest BCUT2D eigenvalue weighted by molar-refractivity contribution is -0.384. The maximum Gasteiger partial charge on any atom is 0.338 e. The Morgan fingerprint density at radius 1 is 1.06 bits per heavy atom. The molecule has 1 atom stereocenters. The zero-order valence-corrected chi connectivity index (χ0v) is 29.0. The minimum Gasteiger partial charge on any atom is -0.488 e. The minimum absolute atomic E-state index is 0.0165. The second kappa shape index (κ2) is 14.5. The molecule has 12 heteroatoms.